The summed E-state index contributed by atoms with van der Waals surface area (Å²) in [4.78, 5) is 62.6. The summed E-state index contributed by atoms with van der Waals surface area (Å²) in [6.07, 6.45) is 4.82. The molecule has 11 nitrogen and oxygen atoms in total. The van der Waals surface area contributed by atoms with Crippen molar-refractivity contribution in [3.63, 3.8) is 0 Å². The molecule has 8 aromatic rings. The van der Waals surface area contributed by atoms with E-state index in [9.17, 15) is 19.2 Å². The maximum Gasteiger partial charge on any atom is 0.261 e. The minimum Gasteiger partial charge on any atom is -0.361 e. The summed E-state index contributed by atoms with van der Waals surface area (Å²) in [5.74, 6) is -1.47. The van der Waals surface area contributed by atoms with Crippen molar-refractivity contribution in [3.05, 3.63) is 144 Å². The Kier molecular flexibility index (Phi) is 8.55. The van der Waals surface area contributed by atoms with Crippen molar-refractivity contribution in [1.82, 2.24) is 35.1 Å². The van der Waals surface area contributed by atoms with Crippen LogP contribution in [0.1, 0.15) is 28.9 Å². The number of hydrogen-bond acceptors (Lipinski definition) is 5. The first-order valence-electron chi connectivity index (χ1n) is 18.4. The molecule has 276 valence electrons. The van der Waals surface area contributed by atoms with Crippen LogP contribution in [0.4, 0.5) is 0 Å². The molecule has 0 radical (unpaired) electrons. The molecule has 0 atom stereocenters. The second kappa shape index (κ2) is 13.9. The van der Waals surface area contributed by atoms with Gasteiger partial charge in [-0.3, -0.25) is 29.8 Å². The number of imide groups is 2. The van der Waals surface area contributed by atoms with Crippen LogP contribution in [-0.4, -0.2) is 68.7 Å². The lowest BCUT2D eigenvalue weighted by atomic mass is 9.95. The van der Waals surface area contributed by atoms with Crippen LogP contribution in [-0.2, 0) is 25.7 Å². The van der Waals surface area contributed by atoms with Gasteiger partial charge < -0.3 is 24.4 Å². The number of para-hydroxylation sites is 4. The standard InChI is InChI=1S/C25H24N4O2.C20H13N3O2/c1-28(2)12-7-13-29-15-19(17-9-4-6-11-21(17)29)23-22(24(30)27-25(23)31)18-14-26-20-10-5-3-8-16(18)20;24-19-17(15-9-11-5-1-3-7-13(11)21-15)18(20(25)23-19)16-10-12-6-2-4-8-14(12)22-16/h3-6,8-11,14-15,26H,7,12-13H2,1-2H3,(H,27,30,31);1-10,21-22H,(H,23,24,25). The molecule has 0 aliphatic carbocycles. The molecule has 10 rings (SSSR count). The van der Waals surface area contributed by atoms with Crippen molar-refractivity contribution < 1.29 is 19.2 Å². The third-order valence-corrected chi connectivity index (χ3v) is 10.4. The molecule has 11 heteroatoms. The molecule has 0 saturated carbocycles. The van der Waals surface area contributed by atoms with Gasteiger partial charge in [0.2, 0.25) is 0 Å². The van der Waals surface area contributed by atoms with Crippen molar-refractivity contribution in [2.24, 2.45) is 0 Å². The highest BCUT2D eigenvalue weighted by molar-refractivity contribution is 6.51. The maximum atomic E-state index is 13.0. The monoisotopic (exact) mass is 739 g/mol. The van der Waals surface area contributed by atoms with E-state index in [4.69, 9.17) is 0 Å². The Balaban J connectivity index is 0.000000149. The van der Waals surface area contributed by atoms with Gasteiger partial charge in [0.1, 0.15) is 0 Å². The lowest BCUT2D eigenvalue weighted by Gasteiger charge is -2.10. The fraction of sp³-hybridized carbons (Fsp3) is 0.111. The molecule has 4 aromatic heterocycles. The Hall–Kier alpha value is -7.24. The smallest absolute Gasteiger partial charge is 0.261 e. The van der Waals surface area contributed by atoms with E-state index in [0.717, 1.165) is 74.2 Å². The van der Waals surface area contributed by atoms with E-state index in [2.05, 4.69) is 55.2 Å². The predicted molar refractivity (Wildman–Crippen MR) is 220 cm³/mol. The number of aromatic nitrogens is 4. The number of carbonyl (C=O) groups excluding carboxylic acids is 4. The largest absolute Gasteiger partial charge is 0.361 e. The average molecular weight is 740 g/mol. The summed E-state index contributed by atoms with van der Waals surface area (Å²) in [6.45, 7) is 1.81. The highest BCUT2D eigenvalue weighted by Crippen LogP contribution is 2.38. The number of amides is 4. The van der Waals surface area contributed by atoms with Crippen LogP contribution in [0.25, 0.3) is 65.9 Å². The maximum absolute atomic E-state index is 13.0. The van der Waals surface area contributed by atoms with E-state index in [1.807, 2.05) is 116 Å². The Morgan fingerprint density at radius 2 is 1.05 bits per heavy atom. The zero-order valence-electron chi connectivity index (χ0n) is 30.7. The van der Waals surface area contributed by atoms with E-state index in [1.54, 1.807) is 0 Å². The van der Waals surface area contributed by atoms with Gasteiger partial charge in [-0.2, -0.15) is 0 Å². The number of fused-ring (bicyclic) bond motifs is 4. The first-order valence-corrected chi connectivity index (χ1v) is 18.4. The molecule has 0 saturated heterocycles. The molecule has 4 aromatic carbocycles. The van der Waals surface area contributed by atoms with Crippen LogP contribution in [0.2, 0.25) is 0 Å². The quantitative estimate of drug-likeness (QED) is 0.108. The molecule has 6 heterocycles. The summed E-state index contributed by atoms with van der Waals surface area (Å²) in [5.41, 5.74) is 8.27. The van der Waals surface area contributed by atoms with Gasteiger partial charge in [-0.15, -0.1) is 0 Å². The Labute approximate surface area is 320 Å². The normalized spacial score (nSPS) is 14.6. The minimum atomic E-state index is -0.384. The number of carbonyl (C=O) groups is 4. The third-order valence-electron chi connectivity index (χ3n) is 10.4. The first-order chi connectivity index (χ1) is 27.2. The fourth-order valence-electron chi connectivity index (χ4n) is 7.82. The number of hydrogen-bond donors (Lipinski definition) is 5. The molecule has 0 unspecified atom stereocenters. The van der Waals surface area contributed by atoms with Gasteiger partial charge in [-0.1, -0.05) is 72.8 Å². The molecule has 0 fully saturated rings. The minimum absolute atomic E-state index is 0.346. The van der Waals surface area contributed by atoms with Crippen LogP contribution in [0.15, 0.2) is 122 Å². The first kappa shape index (κ1) is 34.5. The molecule has 2 aliphatic heterocycles. The van der Waals surface area contributed by atoms with Gasteiger partial charge >= 0.3 is 0 Å². The lowest BCUT2D eigenvalue weighted by Crippen LogP contribution is -2.22. The number of aromatic amines is 3. The molecule has 0 bridgehead atoms. The highest BCUT2D eigenvalue weighted by atomic mass is 16.2. The number of nitrogens with one attached hydrogen (secondary N) is 5. The van der Waals surface area contributed by atoms with E-state index >= 15 is 0 Å². The molecule has 2 aliphatic rings. The Bertz CT molecular complexity index is 2810. The summed E-state index contributed by atoms with van der Waals surface area (Å²) in [6, 6.07) is 35.2. The van der Waals surface area contributed by atoms with Gasteiger partial charge in [0, 0.05) is 73.7 Å². The summed E-state index contributed by atoms with van der Waals surface area (Å²) < 4.78 is 2.18. The molecule has 4 amide bonds. The van der Waals surface area contributed by atoms with Crippen LogP contribution < -0.4 is 10.6 Å². The van der Waals surface area contributed by atoms with Crippen molar-refractivity contribution in [2.75, 3.05) is 20.6 Å². The van der Waals surface area contributed by atoms with Gasteiger partial charge in [0.15, 0.2) is 0 Å². The van der Waals surface area contributed by atoms with Crippen molar-refractivity contribution in [3.8, 4) is 0 Å². The zero-order chi connectivity index (χ0) is 38.5. The topological polar surface area (TPSA) is 148 Å². The van der Waals surface area contributed by atoms with Gasteiger partial charge in [0.25, 0.3) is 23.6 Å². The van der Waals surface area contributed by atoms with Crippen molar-refractivity contribution in [2.45, 2.75) is 13.0 Å². The molecule has 0 spiro atoms. The number of rotatable bonds is 8. The third kappa shape index (κ3) is 6.00. The van der Waals surface area contributed by atoms with Gasteiger partial charge in [0.05, 0.1) is 33.7 Å². The molecule has 56 heavy (non-hydrogen) atoms. The summed E-state index contributed by atoms with van der Waals surface area (Å²) in [5, 5.41) is 8.82. The van der Waals surface area contributed by atoms with E-state index in [0.29, 0.717) is 33.7 Å². The number of aryl methyl sites for hydroxylation is 1. The van der Waals surface area contributed by atoms with Crippen LogP contribution >= 0.6 is 0 Å². The Morgan fingerprint density at radius 3 is 1.64 bits per heavy atom. The predicted octanol–water partition coefficient (Wildman–Crippen LogP) is 6.86. The van der Waals surface area contributed by atoms with Crippen LogP contribution in [0, 0.1) is 0 Å². The Morgan fingerprint density at radius 1 is 0.554 bits per heavy atom. The van der Waals surface area contributed by atoms with Crippen molar-refractivity contribution >= 4 is 89.5 Å². The number of H-pyrrole nitrogens is 3. The van der Waals surface area contributed by atoms with E-state index < -0.39 is 0 Å². The van der Waals surface area contributed by atoms with E-state index in [1.165, 1.54) is 0 Å². The summed E-state index contributed by atoms with van der Waals surface area (Å²) in [7, 11) is 4.12. The van der Waals surface area contributed by atoms with Crippen LogP contribution in [0.5, 0.6) is 0 Å². The summed E-state index contributed by atoms with van der Waals surface area (Å²) >= 11 is 0. The molecular weight excluding hydrogens is 703 g/mol. The van der Waals surface area contributed by atoms with Gasteiger partial charge in [-0.05, 0) is 63.5 Å². The highest BCUT2D eigenvalue weighted by Gasteiger charge is 2.36. The molecular formula is C45H37N7O4. The lowest BCUT2D eigenvalue weighted by molar-refractivity contribution is -0.124. The van der Waals surface area contributed by atoms with Crippen LogP contribution in [0.3, 0.4) is 0 Å². The van der Waals surface area contributed by atoms with E-state index in [-0.39, 0.29) is 23.6 Å². The van der Waals surface area contributed by atoms with Gasteiger partial charge in [-0.25, -0.2) is 0 Å². The molecule has 5 N–H and O–H groups in total. The number of benzene rings is 4. The SMILES string of the molecule is CN(C)CCCn1cc(C2=C(c3c[nH]c4ccccc34)C(=O)NC2=O)c2ccccc21.O=C1NC(=O)C(c2cc3ccccc3[nH]2)=C1c1cc2ccccc2[nH]1. The van der Waals surface area contributed by atoms with Crippen molar-refractivity contribution in [1.29, 1.82) is 0 Å². The average Bonchev–Trinajstić information content (AvgIpc) is 4.04. The fourth-order valence-corrected chi connectivity index (χ4v) is 7.82. The second-order valence-corrected chi connectivity index (χ2v) is 14.3. The number of nitrogens with zero attached hydrogens (tertiary/aromatic N) is 2. The zero-order valence-corrected chi connectivity index (χ0v) is 30.7. The second-order valence-electron chi connectivity index (χ2n) is 14.3.